The maximum atomic E-state index is 12.9. The first kappa shape index (κ1) is 31.8. The molecule has 0 heterocycles. The molecule has 238 valence electrons. The van der Waals surface area contributed by atoms with Crippen molar-refractivity contribution in [1.82, 2.24) is 5.32 Å². The largest absolute Gasteiger partial charge is 0.513 e. The van der Waals surface area contributed by atoms with Gasteiger partial charge in [0.2, 0.25) is 0 Å². The molecule has 0 aliphatic heterocycles. The van der Waals surface area contributed by atoms with Crippen molar-refractivity contribution >= 4 is 17.3 Å². The fraction of sp³-hybridized carbons (Fsp3) is 0.195. The molecular weight excluding hydrogens is 586 g/mol. The molecule has 0 spiro atoms. The minimum Gasteiger partial charge on any atom is -0.492 e. The van der Waals surface area contributed by atoms with Crippen LogP contribution >= 0.6 is 0 Å². The summed E-state index contributed by atoms with van der Waals surface area (Å²) in [7, 11) is 0. The molecule has 47 heavy (non-hydrogen) atoms. The van der Waals surface area contributed by atoms with Gasteiger partial charge in [0.15, 0.2) is 0 Å². The lowest BCUT2D eigenvalue weighted by Gasteiger charge is -2.17. The van der Waals surface area contributed by atoms with Crippen LogP contribution in [0.3, 0.4) is 0 Å². The average Bonchev–Trinajstić information content (AvgIpc) is 3.44. The van der Waals surface area contributed by atoms with Crippen molar-refractivity contribution in [2.45, 2.75) is 19.3 Å². The molecule has 0 saturated carbocycles. The lowest BCUT2D eigenvalue weighted by Crippen LogP contribution is -2.23. The van der Waals surface area contributed by atoms with Crippen LogP contribution in [0.15, 0.2) is 127 Å². The molecule has 0 radical (unpaired) electrons. The SMILES string of the molecule is CC/C(=C(/c1ccc(OCCNCCO)cc1)c1ccc(OC(=O)OCC2c3ccccc3-c3ccccc32)cc1)c1ccccc1. The van der Waals surface area contributed by atoms with Gasteiger partial charge >= 0.3 is 6.16 Å². The molecule has 5 aromatic rings. The lowest BCUT2D eigenvalue weighted by molar-refractivity contribution is 0.0965. The smallest absolute Gasteiger partial charge is 0.492 e. The zero-order valence-electron chi connectivity index (χ0n) is 26.5. The first-order valence-corrected chi connectivity index (χ1v) is 16.1. The summed E-state index contributed by atoms with van der Waals surface area (Å²) in [6.45, 7) is 4.18. The van der Waals surface area contributed by atoms with Gasteiger partial charge in [0, 0.05) is 19.0 Å². The average molecular weight is 626 g/mol. The van der Waals surface area contributed by atoms with Crippen LogP contribution in [0.1, 0.15) is 47.1 Å². The van der Waals surface area contributed by atoms with Crippen LogP contribution in [0.25, 0.3) is 22.3 Å². The second kappa shape index (κ2) is 15.4. The number of rotatable bonds is 13. The molecule has 0 atom stereocenters. The zero-order chi connectivity index (χ0) is 32.4. The van der Waals surface area contributed by atoms with Crippen molar-refractivity contribution in [3.8, 4) is 22.6 Å². The standard InChI is InChI=1S/C41H39NO5/c1-2-34(29-10-4-3-5-11-29)40(30-16-20-32(21-17-30)45-27-25-42-24-26-43)31-18-22-33(23-19-31)47-41(44)46-28-39-37-14-8-6-12-35(37)36-13-7-9-15-38(36)39/h3-23,39,42-43H,2,24-28H2,1H3/b40-34+. The van der Waals surface area contributed by atoms with E-state index in [-0.39, 0.29) is 19.1 Å². The Morgan fingerprint density at radius 1 is 0.681 bits per heavy atom. The van der Waals surface area contributed by atoms with Gasteiger partial charge in [-0.25, -0.2) is 4.79 Å². The van der Waals surface area contributed by atoms with E-state index in [0.29, 0.717) is 25.4 Å². The van der Waals surface area contributed by atoms with Gasteiger partial charge in [0.05, 0.1) is 6.61 Å². The van der Waals surface area contributed by atoms with Gasteiger partial charge in [-0.05, 0) is 80.8 Å². The zero-order valence-corrected chi connectivity index (χ0v) is 26.5. The molecule has 5 aromatic carbocycles. The summed E-state index contributed by atoms with van der Waals surface area (Å²) in [6.07, 6.45) is 0.0997. The van der Waals surface area contributed by atoms with Crippen molar-refractivity contribution in [3.63, 3.8) is 0 Å². The summed E-state index contributed by atoms with van der Waals surface area (Å²) in [5, 5.41) is 12.1. The third kappa shape index (κ3) is 7.46. The number of allylic oxidation sites excluding steroid dienone is 1. The van der Waals surface area contributed by atoms with Crippen molar-refractivity contribution in [2.24, 2.45) is 0 Å². The highest BCUT2D eigenvalue weighted by Crippen LogP contribution is 2.44. The Balaban J connectivity index is 1.18. The van der Waals surface area contributed by atoms with Gasteiger partial charge in [-0.2, -0.15) is 0 Å². The monoisotopic (exact) mass is 625 g/mol. The molecule has 0 fully saturated rings. The highest BCUT2D eigenvalue weighted by Gasteiger charge is 2.29. The molecule has 6 heteroatoms. The number of hydrogen-bond acceptors (Lipinski definition) is 6. The van der Waals surface area contributed by atoms with Gasteiger partial charge in [0.25, 0.3) is 0 Å². The van der Waals surface area contributed by atoms with Crippen LogP contribution in [-0.2, 0) is 4.74 Å². The first-order valence-electron chi connectivity index (χ1n) is 16.1. The lowest BCUT2D eigenvalue weighted by atomic mass is 9.88. The Kier molecular flexibility index (Phi) is 10.4. The van der Waals surface area contributed by atoms with Gasteiger partial charge in [-0.15, -0.1) is 0 Å². The van der Waals surface area contributed by atoms with Crippen molar-refractivity contribution < 1.29 is 24.1 Å². The number of aliphatic hydroxyl groups excluding tert-OH is 1. The summed E-state index contributed by atoms with van der Waals surface area (Å²) in [4.78, 5) is 12.9. The third-order valence-corrected chi connectivity index (χ3v) is 8.43. The summed E-state index contributed by atoms with van der Waals surface area (Å²) in [6, 6.07) is 42.6. The molecule has 1 aliphatic rings. The minimum atomic E-state index is -0.726. The van der Waals surface area contributed by atoms with E-state index in [1.54, 1.807) is 0 Å². The maximum absolute atomic E-state index is 12.9. The Hall–Kier alpha value is -5.17. The van der Waals surface area contributed by atoms with Crippen molar-refractivity contribution in [1.29, 1.82) is 0 Å². The van der Waals surface area contributed by atoms with Crippen molar-refractivity contribution in [3.05, 3.63) is 155 Å². The van der Waals surface area contributed by atoms with Gasteiger partial charge < -0.3 is 24.6 Å². The number of aliphatic hydroxyl groups is 1. The molecular formula is C41H39NO5. The molecule has 0 amide bonds. The highest BCUT2D eigenvalue weighted by atomic mass is 16.7. The minimum absolute atomic E-state index is 0.0322. The van der Waals surface area contributed by atoms with Crippen LogP contribution in [-0.4, -0.2) is 44.2 Å². The number of fused-ring (bicyclic) bond motifs is 3. The number of carbonyl (C=O) groups is 1. The molecule has 6 nitrogen and oxygen atoms in total. The van der Waals surface area contributed by atoms with Crippen LogP contribution in [0.2, 0.25) is 0 Å². The number of ether oxygens (including phenoxy) is 3. The topological polar surface area (TPSA) is 77.0 Å². The summed E-state index contributed by atoms with van der Waals surface area (Å²) in [5.74, 6) is 1.17. The van der Waals surface area contributed by atoms with E-state index in [2.05, 4.69) is 72.9 Å². The molecule has 0 aromatic heterocycles. The second-order valence-electron chi connectivity index (χ2n) is 11.3. The van der Waals surface area contributed by atoms with E-state index in [1.807, 2.05) is 66.7 Å². The normalized spacial score (nSPS) is 12.6. The summed E-state index contributed by atoms with van der Waals surface area (Å²) < 4.78 is 17.2. The van der Waals surface area contributed by atoms with Crippen LogP contribution in [0, 0.1) is 0 Å². The van der Waals surface area contributed by atoms with E-state index < -0.39 is 6.16 Å². The Bertz CT molecular complexity index is 1770. The van der Waals surface area contributed by atoms with E-state index in [1.165, 1.54) is 16.7 Å². The first-order chi connectivity index (χ1) is 23.2. The predicted molar refractivity (Wildman–Crippen MR) is 187 cm³/mol. The molecule has 6 rings (SSSR count). The van der Waals surface area contributed by atoms with Gasteiger partial charge in [0.1, 0.15) is 24.7 Å². The highest BCUT2D eigenvalue weighted by molar-refractivity contribution is 5.98. The Labute approximate surface area is 276 Å². The third-order valence-electron chi connectivity index (χ3n) is 8.43. The fourth-order valence-corrected chi connectivity index (χ4v) is 6.25. The molecule has 1 aliphatic carbocycles. The van der Waals surface area contributed by atoms with E-state index in [0.717, 1.165) is 45.6 Å². The van der Waals surface area contributed by atoms with Gasteiger partial charge in [-0.3, -0.25) is 0 Å². The summed E-state index contributed by atoms with van der Waals surface area (Å²) in [5.41, 5.74) is 10.2. The van der Waals surface area contributed by atoms with E-state index in [4.69, 9.17) is 19.3 Å². The molecule has 2 N–H and O–H groups in total. The predicted octanol–water partition coefficient (Wildman–Crippen LogP) is 8.34. The Morgan fingerprint density at radius 3 is 1.85 bits per heavy atom. The number of carbonyl (C=O) groups excluding carboxylic acids is 1. The van der Waals surface area contributed by atoms with Crippen LogP contribution in [0.4, 0.5) is 4.79 Å². The molecule has 0 bridgehead atoms. The molecule has 0 saturated heterocycles. The van der Waals surface area contributed by atoms with Crippen LogP contribution < -0.4 is 14.8 Å². The fourth-order valence-electron chi connectivity index (χ4n) is 6.25. The number of nitrogens with one attached hydrogen (secondary N) is 1. The van der Waals surface area contributed by atoms with Crippen molar-refractivity contribution in [2.75, 3.05) is 32.9 Å². The second-order valence-corrected chi connectivity index (χ2v) is 11.3. The maximum Gasteiger partial charge on any atom is 0.513 e. The number of benzene rings is 5. The van der Waals surface area contributed by atoms with Crippen LogP contribution in [0.5, 0.6) is 11.5 Å². The summed E-state index contributed by atoms with van der Waals surface area (Å²) >= 11 is 0. The van der Waals surface area contributed by atoms with E-state index in [9.17, 15) is 4.79 Å². The quantitative estimate of drug-likeness (QED) is 0.0593. The number of hydrogen-bond donors (Lipinski definition) is 2. The molecule has 0 unspecified atom stereocenters. The van der Waals surface area contributed by atoms with Gasteiger partial charge in [-0.1, -0.05) is 110 Å². The Morgan fingerprint density at radius 2 is 1.26 bits per heavy atom. The van der Waals surface area contributed by atoms with E-state index >= 15 is 0 Å².